The van der Waals surface area contributed by atoms with E-state index in [1.165, 1.54) is 0 Å². The molecule has 0 aliphatic rings. The number of fused-ring (bicyclic) bond motifs is 1. The van der Waals surface area contributed by atoms with Gasteiger partial charge in [-0.05, 0) is 30.7 Å². The molecule has 0 saturated heterocycles. The minimum atomic E-state index is -0.0275. The first kappa shape index (κ1) is 16.9. The van der Waals surface area contributed by atoms with Crippen molar-refractivity contribution in [1.82, 2.24) is 10.3 Å². The number of H-pyrrole nitrogens is 1. The number of carbonyl (C=O) groups excluding carboxylic acids is 1. The molecular formula is C20H22N2O3. The van der Waals surface area contributed by atoms with Gasteiger partial charge in [0.1, 0.15) is 11.5 Å². The number of ether oxygens (including phenoxy) is 2. The quantitative estimate of drug-likeness (QED) is 0.724. The van der Waals surface area contributed by atoms with E-state index in [1.807, 2.05) is 49.5 Å². The van der Waals surface area contributed by atoms with Gasteiger partial charge >= 0.3 is 0 Å². The van der Waals surface area contributed by atoms with Crippen LogP contribution in [0.1, 0.15) is 16.7 Å². The number of methoxy groups -OCH3 is 2. The van der Waals surface area contributed by atoms with Gasteiger partial charge in [-0.1, -0.05) is 18.2 Å². The van der Waals surface area contributed by atoms with E-state index >= 15 is 0 Å². The maximum Gasteiger partial charge on any atom is 0.224 e. The first-order valence-corrected chi connectivity index (χ1v) is 8.16. The van der Waals surface area contributed by atoms with Crippen LogP contribution >= 0.6 is 0 Å². The normalized spacial score (nSPS) is 10.7. The maximum absolute atomic E-state index is 12.3. The van der Waals surface area contributed by atoms with Crippen molar-refractivity contribution in [2.75, 3.05) is 14.2 Å². The number of amides is 1. The maximum atomic E-state index is 12.3. The molecule has 130 valence electrons. The van der Waals surface area contributed by atoms with Gasteiger partial charge in [0.2, 0.25) is 5.91 Å². The summed E-state index contributed by atoms with van der Waals surface area (Å²) in [6, 6.07) is 11.8. The molecule has 0 aliphatic heterocycles. The van der Waals surface area contributed by atoms with Gasteiger partial charge in [-0.2, -0.15) is 0 Å². The van der Waals surface area contributed by atoms with Crippen LogP contribution in [0.25, 0.3) is 10.9 Å². The van der Waals surface area contributed by atoms with Gasteiger partial charge in [-0.25, -0.2) is 0 Å². The Labute approximate surface area is 147 Å². The molecule has 0 unspecified atom stereocenters. The van der Waals surface area contributed by atoms with Crippen molar-refractivity contribution in [2.45, 2.75) is 19.9 Å². The van der Waals surface area contributed by atoms with Gasteiger partial charge in [-0.15, -0.1) is 0 Å². The summed E-state index contributed by atoms with van der Waals surface area (Å²) in [6.45, 7) is 2.35. The van der Waals surface area contributed by atoms with E-state index < -0.39 is 0 Å². The average molecular weight is 338 g/mol. The fraction of sp³-hybridized carbons (Fsp3) is 0.250. The Bertz CT molecular complexity index is 899. The van der Waals surface area contributed by atoms with E-state index in [1.54, 1.807) is 14.2 Å². The van der Waals surface area contributed by atoms with E-state index in [0.717, 1.165) is 39.1 Å². The van der Waals surface area contributed by atoms with Crippen molar-refractivity contribution < 1.29 is 14.3 Å². The van der Waals surface area contributed by atoms with E-state index in [9.17, 15) is 4.79 Å². The molecule has 5 nitrogen and oxygen atoms in total. The third-order valence-corrected chi connectivity index (χ3v) is 4.36. The summed E-state index contributed by atoms with van der Waals surface area (Å²) in [4.78, 5) is 15.5. The van der Waals surface area contributed by atoms with Gasteiger partial charge < -0.3 is 19.8 Å². The molecule has 3 aromatic rings. The third kappa shape index (κ3) is 3.45. The lowest BCUT2D eigenvalue weighted by molar-refractivity contribution is -0.120. The highest BCUT2D eigenvalue weighted by Crippen LogP contribution is 2.31. The zero-order valence-corrected chi connectivity index (χ0v) is 14.7. The smallest absolute Gasteiger partial charge is 0.224 e. The standard InChI is InChI=1S/C20H22N2O3/c1-13-18(24-2)9-8-14(20(13)25-3)11-22-19(23)10-15-12-21-17-7-5-4-6-16(15)17/h4-9,12,21H,10-11H2,1-3H3,(H,22,23). The molecule has 1 aromatic heterocycles. The van der Waals surface area contributed by atoms with Crippen LogP contribution in [-0.4, -0.2) is 25.1 Å². The molecule has 1 amide bonds. The van der Waals surface area contributed by atoms with Crippen molar-refractivity contribution in [3.8, 4) is 11.5 Å². The van der Waals surface area contributed by atoms with Gasteiger partial charge in [0.05, 0.1) is 20.6 Å². The van der Waals surface area contributed by atoms with Crippen molar-refractivity contribution in [3.05, 3.63) is 59.3 Å². The summed E-state index contributed by atoms with van der Waals surface area (Å²) < 4.78 is 10.8. The number of para-hydroxylation sites is 1. The Morgan fingerprint density at radius 1 is 1.08 bits per heavy atom. The Kier molecular flexibility index (Phi) is 4.93. The molecule has 2 aromatic carbocycles. The second kappa shape index (κ2) is 7.30. The van der Waals surface area contributed by atoms with E-state index in [2.05, 4.69) is 10.3 Å². The van der Waals surface area contributed by atoms with Crippen molar-refractivity contribution in [2.24, 2.45) is 0 Å². The molecule has 25 heavy (non-hydrogen) atoms. The lowest BCUT2D eigenvalue weighted by Crippen LogP contribution is -2.24. The highest BCUT2D eigenvalue weighted by atomic mass is 16.5. The highest BCUT2D eigenvalue weighted by Gasteiger charge is 2.13. The summed E-state index contributed by atoms with van der Waals surface area (Å²) in [5.74, 6) is 1.48. The molecule has 5 heteroatoms. The van der Waals surface area contributed by atoms with Crippen LogP contribution in [0.4, 0.5) is 0 Å². The molecule has 0 aliphatic carbocycles. The van der Waals surface area contributed by atoms with Crippen LogP contribution in [0.15, 0.2) is 42.6 Å². The van der Waals surface area contributed by atoms with Crippen LogP contribution in [0.2, 0.25) is 0 Å². The first-order chi connectivity index (χ1) is 12.1. The fourth-order valence-corrected chi connectivity index (χ4v) is 3.08. The second-order valence-electron chi connectivity index (χ2n) is 5.90. The first-order valence-electron chi connectivity index (χ1n) is 8.16. The second-order valence-corrected chi connectivity index (χ2v) is 5.90. The van der Waals surface area contributed by atoms with Crippen LogP contribution < -0.4 is 14.8 Å². The molecule has 2 N–H and O–H groups in total. The molecule has 3 rings (SSSR count). The SMILES string of the molecule is COc1ccc(CNC(=O)Cc2c[nH]c3ccccc23)c(OC)c1C. The zero-order chi connectivity index (χ0) is 17.8. The van der Waals surface area contributed by atoms with Crippen LogP contribution in [0, 0.1) is 6.92 Å². The Morgan fingerprint density at radius 2 is 1.88 bits per heavy atom. The third-order valence-electron chi connectivity index (χ3n) is 4.36. The zero-order valence-electron chi connectivity index (χ0n) is 14.7. The van der Waals surface area contributed by atoms with E-state index in [0.29, 0.717) is 13.0 Å². The van der Waals surface area contributed by atoms with Gasteiger partial charge in [0.25, 0.3) is 0 Å². The number of nitrogens with one attached hydrogen (secondary N) is 2. The Balaban J connectivity index is 1.69. The van der Waals surface area contributed by atoms with Crippen molar-refractivity contribution in [3.63, 3.8) is 0 Å². The minimum absolute atomic E-state index is 0.0275. The molecule has 0 atom stereocenters. The number of benzene rings is 2. The Hall–Kier alpha value is -2.95. The van der Waals surface area contributed by atoms with Gasteiger partial charge in [0.15, 0.2) is 0 Å². The van der Waals surface area contributed by atoms with Gasteiger partial charge in [0, 0.05) is 34.8 Å². The monoisotopic (exact) mass is 338 g/mol. The van der Waals surface area contributed by atoms with E-state index in [4.69, 9.17) is 9.47 Å². The molecule has 0 radical (unpaired) electrons. The topological polar surface area (TPSA) is 63.3 Å². The minimum Gasteiger partial charge on any atom is -0.496 e. The van der Waals surface area contributed by atoms with Crippen LogP contribution in [0.3, 0.4) is 0 Å². The molecule has 0 bridgehead atoms. The number of rotatable bonds is 6. The molecular weight excluding hydrogens is 316 g/mol. The van der Waals surface area contributed by atoms with Crippen molar-refractivity contribution >= 4 is 16.8 Å². The molecule has 0 spiro atoms. The van der Waals surface area contributed by atoms with Crippen molar-refractivity contribution in [1.29, 1.82) is 0 Å². The number of hydrogen-bond donors (Lipinski definition) is 2. The van der Waals surface area contributed by atoms with Crippen LogP contribution in [0.5, 0.6) is 11.5 Å². The summed E-state index contributed by atoms with van der Waals surface area (Å²) in [5, 5.41) is 4.05. The predicted octanol–water partition coefficient (Wildman–Crippen LogP) is 3.35. The highest BCUT2D eigenvalue weighted by molar-refractivity contribution is 5.88. The van der Waals surface area contributed by atoms with Crippen LogP contribution in [-0.2, 0) is 17.8 Å². The fourth-order valence-electron chi connectivity index (χ4n) is 3.08. The molecule has 1 heterocycles. The number of aromatic amines is 1. The van der Waals surface area contributed by atoms with E-state index in [-0.39, 0.29) is 5.91 Å². The lowest BCUT2D eigenvalue weighted by atomic mass is 10.1. The summed E-state index contributed by atoms with van der Waals surface area (Å²) in [7, 11) is 3.25. The summed E-state index contributed by atoms with van der Waals surface area (Å²) in [5.41, 5.74) is 3.88. The predicted molar refractivity (Wildman–Crippen MR) is 98.1 cm³/mol. The Morgan fingerprint density at radius 3 is 2.64 bits per heavy atom. The number of hydrogen-bond acceptors (Lipinski definition) is 3. The summed E-state index contributed by atoms with van der Waals surface area (Å²) >= 11 is 0. The van der Waals surface area contributed by atoms with Gasteiger partial charge in [-0.3, -0.25) is 4.79 Å². The molecule has 0 fully saturated rings. The lowest BCUT2D eigenvalue weighted by Gasteiger charge is -2.15. The number of carbonyl (C=O) groups is 1. The number of aromatic nitrogens is 1. The largest absolute Gasteiger partial charge is 0.496 e. The summed E-state index contributed by atoms with van der Waals surface area (Å²) in [6.07, 6.45) is 2.23. The average Bonchev–Trinajstić information content (AvgIpc) is 3.03. The molecule has 0 saturated carbocycles.